The topological polar surface area (TPSA) is 94.2 Å². The number of methoxy groups -OCH3 is 1. The molecule has 0 spiro atoms. The number of Topliss-reactive ketones (excluding diaryl/α,β-unsaturated/α-hetero) is 1. The fourth-order valence-corrected chi connectivity index (χ4v) is 3.15. The fraction of sp³-hybridized carbons (Fsp3) is 0.500. The van der Waals surface area contributed by atoms with E-state index in [9.17, 15) is 14.4 Å². The van der Waals surface area contributed by atoms with Crippen LogP contribution < -0.4 is 10.1 Å². The number of carbonyl (C=O) groups is 3. The molecular weight excluding hydrogens is 340 g/mol. The Morgan fingerprint density at radius 3 is 3.00 bits per heavy atom. The molecule has 1 fully saturated rings. The summed E-state index contributed by atoms with van der Waals surface area (Å²) < 4.78 is 16.0. The molecule has 2 aliphatic rings. The summed E-state index contributed by atoms with van der Waals surface area (Å²) in [6.45, 7) is 1.43. The number of alkyl carbamates (subject to hydrolysis) is 1. The summed E-state index contributed by atoms with van der Waals surface area (Å²) in [6.07, 6.45) is 0.308. The highest BCUT2D eigenvalue weighted by Gasteiger charge is 2.26. The minimum atomic E-state index is -0.640. The standard InChI is InChI=1S/C18H22N2O6/c1-24-18(23)19-9-17(22)20-7-8-25-12(10-20)11-26-16-4-2-3-13-14(16)5-6-15(13)21/h2-4,12H,5-11H2,1H3,(H,19,23). The van der Waals surface area contributed by atoms with Gasteiger partial charge in [-0.25, -0.2) is 4.79 Å². The van der Waals surface area contributed by atoms with Crippen molar-refractivity contribution >= 4 is 17.8 Å². The number of ether oxygens (including phenoxy) is 3. The van der Waals surface area contributed by atoms with Gasteiger partial charge in [0.1, 0.15) is 25.0 Å². The van der Waals surface area contributed by atoms with Gasteiger partial charge < -0.3 is 24.4 Å². The molecule has 1 saturated heterocycles. The lowest BCUT2D eigenvalue weighted by Crippen LogP contribution is -2.50. The van der Waals surface area contributed by atoms with E-state index in [1.54, 1.807) is 4.90 Å². The molecule has 1 aromatic rings. The molecule has 1 aliphatic heterocycles. The maximum absolute atomic E-state index is 12.1. The van der Waals surface area contributed by atoms with Crippen LogP contribution in [0.1, 0.15) is 22.3 Å². The highest BCUT2D eigenvalue weighted by molar-refractivity contribution is 6.01. The third-order valence-corrected chi connectivity index (χ3v) is 4.52. The number of hydrogen-bond donors (Lipinski definition) is 1. The molecule has 1 unspecified atom stereocenters. The van der Waals surface area contributed by atoms with Gasteiger partial charge >= 0.3 is 6.09 Å². The lowest BCUT2D eigenvalue weighted by atomic mass is 10.1. The van der Waals surface area contributed by atoms with Gasteiger partial charge in [0.2, 0.25) is 5.91 Å². The number of nitrogens with one attached hydrogen (secondary N) is 1. The minimum Gasteiger partial charge on any atom is -0.491 e. The first-order chi connectivity index (χ1) is 12.6. The van der Waals surface area contributed by atoms with E-state index >= 15 is 0 Å². The predicted molar refractivity (Wildman–Crippen MR) is 91.3 cm³/mol. The highest BCUT2D eigenvalue weighted by Crippen LogP contribution is 2.30. The Hall–Kier alpha value is -2.61. The first-order valence-corrected chi connectivity index (χ1v) is 8.57. The molecule has 8 heteroatoms. The summed E-state index contributed by atoms with van der Waals surface area (Å²) in [5, 5.41) is 2.38. The van der Waals surface area contributed by atoms with Crippen LogP contribution in [0.2, 0.25) is 0 Å². The Morgan fingerprint density at radius 1 is 1.35 bits per heavy atom. The van der Waals surface area contributed by atoms with Crippen LogP contribution in [0.25, 0.3) is 0 Å². The zero-order chi connectivity index (χ0) is 18.5. The van der Waals surface area contributed by atoms with Crippen molar-refractivity contribution in [1.82, 2.24) is 10.2 Å². The van der Waals surface area contributed by atoms with Gasteiger partial charge in [0.15, 0.2) is 5.78 Å². The molecule has 8 nitrogen and oxygen atoms in total. The fourth-order valence-electron chi connectivity index (χ4n) is 3.15. The average molecular weight is 362 g/mol. The van der Waals surface area contributed by atoms with Gasteiger partial charge in [0.05, 0.1) is 20.3 Å². The SMILES string of the molecule is COC(=O)NCC(=O)N1CCOC(COc2cccc3c2CCC3=O)C1. The van der Waals surface area contributed by atoms with Crippen LogP contribution >= 0.6 is 0 Å². The number of ketones is 1. The zero-order valence-electron chi connectivity index (χ0n) is 14.7. The number of rotatable bonds is 5. The molecule has 140 valence electrons. The summed E-state index contributed by atoms with van der Waals surface area (Å²) in [7, 11) is 1.25. The zero-order valence-corrected chi connectivity index (χ0v) is 14.7. The maximum Gasteiger partial charge on any atom is 0.407 e. The Balaban J connectivity index is 1.52. The van der Waals surface area contributed by atoms with E-state index in [1.165, 1.54) is 7.11 Å². The van der Waals surface area contributed by atoms with Crippen molar-refractivity contribution < 1.29 is 28.6 Å². The van der Waals surface area contributed by atoms with Crippen LogP contribution in [-0.4, -0.2) is 68.7 Å². The molecule has 26 heavy (non-hydrogen) atoms. The minimum absolute atomic E-state index is 0.117. The lowest BCUT2D eigenvalue weighted by Gasteiger charge is -2.33. The number of benzene rings is 1. The van der Waals surface area contributed by atoms with Gasteiger partial charge in [-0.05, 0) is 12.5 Å². The van der Waals surface area contributed by atoms with E-state index < -0.39 is 6.09 Å². The van der Waals surface area contributed by atoms with Crippen LogP contribution in [0.5, 0.6) is 5.75 Å². The normalized spacial score (nSPS) is 19.0. The molecule has 1 heterocycles. The summed E-state index contributed by atoms with van der Waals surface area (Å²) in [6, 6.07) is 5.49. The van der Waals surface area contributed by atoms with Gasteiger partial charge in [-0.3, -0.25) is 9.59 Å². The molecule has 1 aliphatic carbocycles. The van der Waals surface area contributed by atoms with Crippen molar-refractivity contribution in [3.05, 3.63) is 29.3 Å². The van der Waals surface area contributed by atoms with Crippen LogP contribution in [0.4, 0.5) is 4.79 Å². The molecule has 1 N–H and O–H groups in total. The third kappa shape index (κ3) is 4.13. The van der Waals surface area contributed by atoms with Crippen molar-refractivity contribution in [3.8, 4) is 5.75 Å². The van der Waals surface area contributed by atoms with Gasteiger partial charge in [0.25, 0.3) is 0 Å². The Labute approximate surface area is 151 Å². The van der Waals surface area contributed by atoms with Gasteiger partial charge in [0, 0.05) is 24.1 Å². The number of morpholine rings is 1. The largest absolute Gasteiger partial charge is 0.491 e. The summed E-state index contributed by atoms with van der Waals surface area (Å²) in [5.74, 6) is 0.650. The molecule has 0 saturated carbocycles. The van der Waals surface area contributed by atoms with E-state index in [0.29, 0.717) is 44.9 Å². The number of nitrogens with zero attached hydrogens (tertiary/aromatic N) is 1. The average Bonchev–Trinajstić information content (AvgIpc) is 3.06. The maximum atomic E-state index is 12.1. The summed E-state index contributed by atoms with van der Waals surface area (Å²) >= 11 is 0. The first-order valence-electron chi connectivity index (χ1n) is 8.57. The molecule has 0 radical (unpaired) electrons. The van der Waals surface area contributed by atoms with Crippen molar-refractivity contribution in [2.45, 2.75) is 18.9 Å². The number of fused-ring (bicyclic) bond motifs is 1. The van der Waals surface area contributed by atoms with Crippen LogP contribution in [0, 0.1) is 0 Å². The molecule has 0 aromatic heterocycles. The van der Waals surface area contributed by atoms with Crippen molar-refractivity contribution in [2.24, 2.45) is 0 Å². The van der Waals surface area contributed by atoms with Gasteiger partial charge in [-0.15, -0.1) is 0 Å². The molecule has 1 atom stereocenters. The number of amides is 2. The van der Waals surface area contributed by atoms with Crippen LogP contribution in [0.3, 0.4) is 0 Å². The molecule has 1 aromatic carbocycles. The Bertz CT molecular complexity index is 705. The summed E-state index contributed by atoms with van der Waals surface area (Å²) in [4.78, 5) is 36.7. The monoisotopic (exact) mass is 362 g/mol. The Morgan fingerprint density at radius 2 is 2.19 bits per heavy atom. The van der Waals surface area contributed by atoms with Crippen molar-refractivity contribution in [1.29, 1.82) is 0 Å². The Kier molecular flexibility index (Phi) is 5.72. The van der Waals surface area contributed by atoms with Crippen molar-refractivity contribution in [3.63, 3.8) is 0 Å². The second-order valence-corrected chi connectivity index (χ2v) is 6.19. The first kappa shape index (κ1) is 18.2. The van der Waals surface area contributed by atoms with Crippen molar-refractivity contribution in [2.75, 3.05) is 40.0 Å². The predicted octanol–water partition coefficient (Wildman–Crippen LogP) is 0.778. The lowest BCUT2D eigenvalue weighted by molar-refractivity contribution is -0.138. The second-order valence-electron chi connectivity index (χ2n) is 6.19. The van der Waals surface area contributed by atoms with E-state index in [0.717, 1.165) is 11.1 Å². The van der Waals surface area contributed by atoms with Crippen LogP contribution in [0.15, 0.2) is 18.2 Å². The molecule has 3 rings (SSSR count). The molecule has 0 bridgehead atoms. The molecular formula is C18H22N2O6. The highest BCUT2D eigenvalue weighted by atomic mass is 16.5. The summed E-state index contributed by atoms with van der Waals surface area (Å²) in [5.41, 5.74) is 1.68. The number of hydrogen-bond acceptors (Lipinski definition) is 6. The van der Waals surface area contributed by atoms with E-state index in [2.05, 4.69) is 10.1 Å². The van der Waals surface area contributed by atoms with Crippen LogP contribution in [-0.2, 0) is 20.7 Å². The molecule has 2 amide bonds. The second kappa shape index (κ2) is 8.18. The number of carbonyl (C=O) groups excluding carboxylic acids is 3. The third-order valence-electron chi connectivity index (χ3n) is 4.52. The van der Waals surface area contributed by atoms with E-state index in [1.807, 2.05) is 18.2 Å². The smallest absolute Gasteiger partial charge is 0.407 e. The quantitative estimate of drug-likeness (QED) is 0.832. The van der Waals surface area contributed by atoms with E-state index in [4.69, 9.17) is 9.47 Å². The van der Waals surface area contributed by atoms with E-state index in [-0.39, 0.29) is 24.3 Å². The van der Waals surface area contributed by atoms with Gasteiger partial charge in [-0.2, -0.15) is 0 Å². The van der Waals surface area contributed by atoms with Gasteiger partial charge in [-0.1, -0.05) is 12.1 Å².